The van der Waals surface area contributed by atoms with E-state index >= 15 is 0 Å². The summed E-state index contributed by atoms with van der Waals surface area (Å²) in [7, 11) is 0. The van der Waals surface area contributed by atoms with E-state index in [0.717, 1.165) is 11.1 Å². The monoisotopic (exact) mass is 381 g/mol. The van der Waals surface area contributed by atoms with E-state index in [2.05, 4.69) is 4.99 Å². The minimum Gasteiger partial charge on any atom is -0.457 e. The van der Waals surface area contributed by atoms with Gasteiger partial charge >= 0.3 is 5.91 Å². The number of rotatable bonds is 3. The number of furan rings is 1. The highest BCUT2D eigenvalue weighted by molar-refractivity contribution is 6.31. The molecule has 27 heavy (non-hydrogen) atoms. The summed E-state index contributed by atoms with van der Waals surface area (Å²) in [6.07, 6.45) is 1.46. The Hall–Kier alpha value is -3.18. The first-order valence-electron chi connectivity index (χ1n) is 8.14. The quantitative estimate of drug-likeness (QED) is 0.571. The summed E-state index contributed by atoms with van der Waals surface area (Å²) in [4.78, 5) is 15.9. The van der Waals surface area contributed by atoms with Crippen LogP contribution in [0.3, 0.4) is 0 Å². The molecule has 0 spiro atoms. The number of hydrogen-bond acceptors (Lipinski definition) is 3. The van der Waals surface area contributed by atoms with E-state index in [9.17, 15) is 9.18 Å². The van der Waals surface area contributed by atoms with Crippen LogP contribution in [-0.4, -0.2) is 11.8 Å². The first-order valence-corrected chi connectivity index (χ1v) is 8.52. The minimum atomic E-state index is -0.550. The highest BCUT2D eigenvalue weighted by Gasteiger charge is 2.24. The van der Waals surface area contributed by atoms with Crippen LogP contribution in [0, 0.1) is 12.7 Å². The van der Waals surface area contributed by atoms with E-state index in [1.807, 2.05) is 25.1 Å². The van der Waals surface area contributed by atoms with Crippen molar-refractivity contribution in [2.75, 3.05) is 0 Å². The van der Waals surface area contributed by atoms with Crippen molar-refractivity contribution in [1.82, 2.24) is 0 Å². The molecule has 0 saturated heterocycles. The predicted octanol–water partition coefficient (Wildman–Crippen LogP) is 5.39. The third kappa shape index (κ3) is 3.55. The maximum Gasteiger partial charge on any atom is 0.316 e. The smallest absolute Gasteiger partial charge is 0.316 e. The van der Waals surface area contributed by atoms with Crippen molar-refractivity contribution in [3.8, 4) is 11.3 Å². The zero-order valence-electron chi connectivity index (χ0n) is 14.2. The summed E-state index contributed by atoms with van der Waals surface area (Å²) in [5, 5.41) is 0.645. The second-order valence-corrected chi connectivity index (χ2v) is 6.42. The van der Waals surface area contributed by atoms with Gasteiger partial charge in [0.15, 0.2) is 5.76 Å². The van der Waals surface area contributed by atoms with Crippen molar-refractivity contribution in [3.63, 3.8) is 0 Å². The summed E-state index contributed by atoms with van der Waals surface area (Å²) >= 11 is 6.15. The van der Waals surface area contributed by atoms with E-state index in [1.54, 1.807) is 18.2 Å². The largest absolute Gasteiger partial charge is 0.457 e. The number of aliphatic imine (C=N–C) groups is 1. The van der Waals surface area contributed by atoms with E-state index in [4.69, 9.17) is 20.8 Å². The molecule has 0 bridgehead atoms. The standard InChI is InChI=1S/C21H13ClFNO3/c1-12-5-6-13(10-17(12)22)18-8-7-16(26-18)11-19-20(25)24-21(27-19)14-3-2-4-15(23)9-14/h2-11H,1H3/b19-11-. The van der Waals surface area contributed by atoms with Crippen LogP contribution in [0.15, 0.2) is 69.8 Å². The topological polar surface area (TPSA) is 51.8 Å². The molecule has 3 aromatic rings. The SMILES string of the molecule is Cc1ccc(-c2ccc(/C=C3\OC(c4cccc(F)c4)=NC3=O)o2)cc1Cl. The minimum absolute atomic E-state index is 0.0112. The lowest BCUT2D eigenvalue weighted by atomic mass is 10.1. The zero-order chi connectivity index (χ0) is 19.0. The lowest BCUT2D eigenvalue weighted by Gasteiger charge is -2.02. The summed E-state index contributed by atoms with van der Waals surface area (Å²) in [6, 6.07) is 14.8. The average molecular weight is 382 g/mol. The van der Waals surface area contributed by atoms with Gasteiger partial charge in [-0.25, -0.2) is 4.39 Å². The number of halogens is 2. The number of hydrogen-bond donors (Lipinski definition) is 0. The Balaban J connectivity index is 1.57. The van der Waals surface area contributed by atoms with E-state index in [1.165, 1.54) is 24.3 Å². The molecule has 0 atom stereocenters. The number of nitrogens with zero attached hydrogens (tertiary/aromatic N) is 1. The molecule has 1 aliphatic heterocycles. The summed E-state index contributed by atoms with van der Waals surface area (Å²) in [5.41, 5.74) is 2.19. The van der Waals surface area contributed by atoms with Gasteiger partial charge in [0.2, 0.25) is 5.90 Å². The summed E-state index contributed by atoms with van der Waals surface area (Å²) in [5.74, 6) is 0.128. The third-order valence-electron chi connectivity index (χ3n) is 4.05. The average Bonchev–Trinajstić information content (AvgIpc) is 3.25. The van der Waals surface area contributed by atoms with Crippen molar-refractivity contribution in [2.24, 2.45) is 4.99 Å². The van der Waals surface area contributed by atoms with Crippen LogP contribution in [0.4, 0.5) is 4.39 Å². The van der Waals surface area contributed by atoms with Gasteiger partial charge in [-0.15, -0.1) is 0 Å². The summed E-state index contributed by atoms with van der Waals surface area (Å²) < 4.78 is 24.6. The molecule has 2 heterocycles. The second-order valence-electron chi connectivity index (χ2n) is 6.01. The van der Waals surface area contributed by atoms with Gasteiger partial charge in [-0.2, -0.15) is 4.99 Å². The Bertz CT molecular complexity index is 1110. The number of ether oxygens (including phenoxy) is 1. The highest BCUT2D eigenvalue weighted by Crippen LogP contribution is 2.28. The molecule has 0 fully saturated rings. The Morgan fingerprint density at radius 2 is 1.93 bits per heavy atom. The number of carbonyl (C=O) groups is 1. The predicted molar refractivity (Wildman–Crippen MR) is 101 cm³/mol. The second kappa shape index (κ2) is 6.85. The molecular weight excluding hydrogens is 369 g/mol. The molecule has 0 N–H and O–H groups in total. The van der Waals surface area contributed by atoms with Crippen LogP contribution in [0.2, 0.25) is 5.02 Å². The van der Waals surface area contributed by atoms with Crippen LogP contribution in [-0.2, 0) is 9.53 Å². The lowest BCUT2D eigenvalue weighted by Crippen LogP contribution is -2.00. The van der Waals surface area contributed by atoms with Crippen molar-refractivity contribution in [1.29, 1.82) is 0 Å². The molecule has 1 amide bonds. The fourth-order valence-electron chi connectivity index (χ4n) is 2.62. The van der Waals surface area contributed by atoms with Crippen molar-refractivity contribution >= 4 is 29.5 Å². The van der Waals surface area contributed by atoms with Gasteiger partial charge in [-0.1, -0.05) is 29.8 Å². The fourth-order valence-corrected chi connectivity index (χ4v) is 2.80. The molecule has 0 unspecified atom stereocenters. The van der Waals surface area contributed by atoms with Crippen LogP contribution in [0.25, 0.3) is 17.4 Å². The first-order chi connectivity index (χ1) is 13.0. The molecule has 0 aliphatic carbocycles. The van der Waals surface area contributed by atoms with Gasteiger partial charge in [-0.3, -0.25) is 4.79 Å². The molecule has 4 rings (SSSR count). The molecule has 0 saturated carbocycles. The van der Waals surface area contributed by atoms with Gasteiger partial charge < -0.3 is 9.15 Å². The highest BCUT2D eigenvalue weighted by atomic mass is 35.5. The van der Waals surface area contributed by atoms with Crippen molar-refractivity contribution < 1.29 is 18.3 Å². The van der Waals surface area contributed by atoms with Crippen LogP contribution < -0.4 is 0 Å². The Morgan fingerprint density at radius 1 is 1.07 bits per heavy atom. The van der Waals surface area contributed by atoms with E-state index in [0.29, 0.717) is 22.1 Å². The van der Waals surface area contributed by atoms with E-state index in [-0.39, 0.29) is 11.7 Å². The zero-order valence-corrected chi connectivity index (χ0v) is 15.0. The normalized spacial score (nSPS) is 15.1. The number of benzene rings is 2. The third-order valence-corrected chi connectivity index (χ3v) is 4.46. The van der Waals surface area contributed by atoms with Crippen molar-refractivity contribution in [3.05, 3.63) is 88.1 Å². The molecule has 134 valence electrons. The van der Waals surface area contributed by atoms with Gasteiger partial charge in [0.1, 0.15) is 17.3 Å². The van der Waals surface area contributed by atoms with Crippen LogP contribution in [0.5, 0.6) is 0 Å². The van der Waals surface area contributed by atoms with E-state index < -0.39 is 11.7 Å². The maximum atomic E-state index is 13.3. The molecule has 1 aromatic heterocycles. The Labute approximate surface area is 159 Å². The molecule has 2 aromatic carbocycles. The lowest BCUT2D eigenvalue weighted by molar-refractivity contribution is -0.115. The molecule has 1 aliphatic rings. The summed E-state index contributed by atoms with van der Waals surface area (Å²) in [6.45, 7) is 1.92. The fraction of sp³-hybridized carbons (Fsp3) is 0.0476. The maximum absolute atomic E-state index is 13.3. The molecule has 0 radical (unpaired) electrons. The number of amides is 1. The van der Waals surface area contributed by atoms with Gasteiger partial charge in [-0.05, 0) is 48.9 Å². The van der Waals surface area contributed by atoms with Gasteiger partial charge in [0.05, 0.1) is 0 Å². The van der Waals surface area contributed by atoms with Gasteiger partial charge in [0, 0.05) is 22.2 Å². The molecule has 6 heteroatoms. The first kappa shape index (κ1) is 17.2. The Morgan fingerprint density at radius 3 is 2.70 bits per heavy atom. The molecule has 4 nitrogen and oxygen atoms in total. The number of aryl methyl sites for hydroxylation is 1. The number of carbonyl (C=O) groups excluding carboxylic acids is 1. The molecular formula is C21H13ClFNO3. The van der Waals surface area contributed by atoms with Crippen molar-refractivity contribution in [2.45, 2.75) is 6.92 Å². The van der Waals surface area contributed by atoms with Crippen LogP contribution >= 0.6 is 11.6 Å². The van der Waals surface area contributed by atoms with Gasteiger partial charge in [0.25, 0.3) is 0 Å². The van der Waals surface area contributed by atoms with Crippen LogP contribution in [0.1, 0.15) is 16.9 Å². The Kier molecular flexibility index (Phi) is 4.38.